The van der Waals surface area contributed by atoms with Crippen LogP contribution in [0.1, 0.15) is 33.9 Å². The molecule has 2 aromatic heterocycles. The number of carbonyl (C=O) groups is 2. The Morgan fingerprint density at radius 3 is 2.47 bits per heavy atom. The molecule has 3 aromatic carbocycles. The number of amides is 1. The highest BCUT2D eigenvalue weighted by Gasteiger charge is 2.48. The van der Waals surface area contributed by atoms with Crippen LogP contribution in [0.4, 0.5) is 5.13 Å². The average Bonchev–Trinajstić information content (AvgIpc) is 3.62. The van der Waals surface area contributed by atoms with Crippen molar-refractivity contribution in [1.82, 2.24) is 15.2 Å². The average molecular weight is 676 g/mol. The number of anilines is 1. The first-order valence-corrected chi connectivity index (χ1v) is 16.2. The minimum absolute atomic E-state index is 0.0582. The number of aliphatic hydroxyl groups is 1. The van der Waals surface area contributed by atoms with E-state index in [1.165, 1.54) is 28.0 Å². The Kier molecular flexibility index (Phi) is 9.18. The van der Waals surface area contributed by atoms with Crippen molar-refractivity contribution in [2.45, 2.75) is 29.7 Å². The number of aliphatic hydroxyl groups excluding tert-OH is 1. The molecule has 3 heterocycles. The smallest absolute Gasteiger partial charge is 0.301 e. The van der Waals surface area contributed by atoms with Gasteiger partial charge in [-0.05, 0) is 77.7 Å². The number of nitrogens with zero attached hydrogens (tertiary/aromatic N) is 4. The van der Waals surface area contributed by atoms with Gasteiger partial charge in [-0.25, -0.2) is 0 Å². The quantitative estimate of drug-likeness (QED) is 0.0550. The molecule has 1 saturated heterocycles. The summed E-state index contributed by atoms with van der Waals surface area (Å²) in [5.74, 6) is -0.849. The molecular weight excluding hydrogens is 651 g/mol. The maximum atomic E-state index is 13.5. The largest absolute Gasteiger partial charge is 0.507 e. The van der Waals surface area contributed by atoms with E-state index in [0.29, 0.717) is 43.6 Å². The summed E-state index contributed by atoms with van der Waals surface area (Å²) in [5.41, 5.74) is 3.95. The van der Waals surface area contributed by atoms with Gasteiger partial charge in [0.15, 0.2) is 4.34 Å². The van der Waals surface area contributed by atoms with Crippen LogP contribution < -0.4 is 9.64 Å². The number of rotatable bonds is 9. The summed E-state index contributed by atoms with van der Waals surface area (Å²) in [5, 5.41) is 21.3. The van der Waals surface area contributed by atoms with Crippen LogP contribution in [0, 0.1) is 6.92 Å². The van der Waals surface area contributed by atoms with E-state index in [1.807, 2.05) is 37.3 Å². The third kappa shape index (κ3) is 6.60. The standard InChI is InChI=1S/C33H24Cl2N4O4S2/c1-19-4-2-3-5-22(19)17-43-25-10-7-21(8-11-25)29(40)27-28(20-12-14-36-15-13-20)39(31(42)30(27)41)32-37-38-33(45-32)44-18-23-6-9-24(34)16-26(23)35/h2-16,28,40H,17-18H2,1H3. The Hall–Kier alpha value is -4.22. The van der Waals surface area contributed by atoms with E-state index in [2.05, 4.69) is 15.2 Å². The highest BCUT2D eigenvalue weighted by molar-refractivity contribution is 8.00. The van der Waals surface area contributed by atoms with Gasteiger partial charge in [-0.1, -0.05) is 76.6 Å². The number of carbonyl (C=O) groups excluding carboxylic acids is 2. The Labute approximate surface area is 277 Å². The molecule has 0 aliphatic carbocycles. The van der Waals surface area contributed by atoms with E-state index in [9.17, 15) is 14.7 Å². The van der Waals surface area contributed by atoms with Crippen LogP contribution in [0.15, 0.2) is 101 Å². The molecule has 1 amide bonds. The molecule has 1 aliphatic heterocycles. The van der Waals surface area contributed by atoms with Crippen molar-refractivity contribution >= 4 is 68.9 Å². The van der Waals surface area contributed by atoms with Gasteiger partial charge in [0.25, 0.3) is 5.78 Å². The molecule has 1 N–H and O–H groups in total. The van der Waals surface area contributed by atoms with Crippen molar-refractivity contribution < 1.29 is 19.4 Å². The predicted molar refractivity (Wildman–Crippen MR) is 177 cm³/mol. The molecular formula is C33H24Cl2N4O4S2. The van der Waals surface area contributed by atoms with Crippen LogP contribution in [-0.2, 0) is 21.9 Å². The Morgan fingerprint density at radius 2 is 1.73 bits per heavy atom. The number of ketones is 1. The molecule has 0 radical (unpaired) electrons. The fraction of sp³-hybridized carbons (Fsp3) is 0.121. The lowest BCUT2D eigenvalue weighted by atomic mass is 9.96. The third-order valence-corrected chi connectivity index (χ3v) is 9.91. The highest BCUT2D eigenvalue weighted by Crippen LogP contribution is 2.44. The number of ether oxygens (including phenoxy) is 1. The first kappa shape index (κ1) is 30.8. The number of aromatic nitrogens is 3. The minimum atomic E-state index is -0.943. The lowest BCUT2D eigenvalue weighted by molar-refractivity contribution is -0.132. The molecule has 45 heavy (non-hydrogen) atoms. The van der Waals surface area contributed by atoms with Crippen molar-refractivity contribution in [3.05, 3.63) is 135 Å². The molecule has 0 saturated carbocycles. The third-order valence-electron chi connectivity index (χ3n) is 7.22. The van der Waals surface area contributed by atoms with Gasteiger partial charge in [0.1, 0.15) is 18.1 Å². The zero-order valence-corrected chi connectivity index (χ0v) is 26.8. The van der Waals surface area contributed by atoms with Crippen molar-refractivity contribution in [3.63, 3.8) is 0 Å². The zero-order valence-electron chi connectivity index (χ0n) is 23.7. The number of hydrogen-bond acceptors (Lipinski definition) is 9. The van der Waals surface area contributed by atoms with Crippen LogP contribution >= 0.6 is 46.3 Å². The van der Waals surface area contributed by atoms with Crippen molar-refractivity contribution in [2.75, 3.05) is 4.90 Å². The molecule has 0 bridgehead atoms. The van der Waals surface area contributed by atoms with E-state index in [1.54, 1.807) is 60.9 Å². The van der Waals surface area contributed by atoms with Gasteiger partial charge in [-0.2, -0.15) is 0 Å². The van der Waals surface area contributed by atoms with Gasteiger partial charge in [-0.15, -0.1) is 10.2 Å². The summed E-state index contributed by atoms with van der Waals surface area (Å²) in [7, 11) is 0. The van der Waals surface area contributed by atoms with Gasteiger partial charge >= 0.3 is 5.91 Å². The Morgan fingerprint density at radius 1 is 0.978 bits per heavy atom. The van der Waals surface area contributed by atoms with Crippen LogP contribution in [0.2, 0.25) is 10.0 Å². The fourth-order valence-corrected chi connectivity index (χ4v) is 7.25. The normalized spacial score (nSPS) is 15.9. The van der Waals surface area contributed by atoms with Crippen LogP contribution in [-0.4, -0.2) is 32.0 Å². The lowest BCUT2D eigenvalue weighted by Crippen LogP contribution is -2.29. The summed E-state index contributed by atoms with van der Waals surface area (Å²) < 4.78 is 6.51. The summed E-state index contributed by atoms with van der Waals surface area (Å²) >= 11 is 14.9. The molecule has 5 aromatic rings. The second kappa shape index (κ2) is 13.4. The second-order valence-corrected chi connectivity index (χ2v) is 13.1. The van der Waals surface area contributed by atoms with Crippen LogP contribution in [0.25, 0.3) is 5.76 Å². The molecule has 1 fully saturated rings. The van der Waals surface area contributed by atoms with Crippen molar-refractivity contribution in [2.24, 2.45) is 0 Å². The van der Waals surface area contributed by atoms with Gasteiger partial charge in [-0.3, -0.25) is 19.5 Å². The van der Waals surface area contributed by atoms with Gasteiger partial charge in [0.2, 0.25) is 5.13 Å². The maximum absolute atomic E-state index is 13.5. The Balaban J connectivity index is 1.28. The molecule has 226 valence electrons. The number of aryl methyl sites for hydroxylation is 1. The van der Waals surface area contributed by atoms with E-state index in [-0.39, 0.29) is 16.5 Å². The first-order valence-electron chi connectivity index (χ1n) is 13.7. The first-order chi connectivity index (χ1) is 21.8. The SMILES string of the molecule is Cc1ccccc1COc1ccc(C(O)=C2C(=O)C(=O)N(c3nnc(SCc4ccc(Cl)cc4Cl)s3)C2c2ccncc2)cc1. The minimum Gasteiger partial charge on any atom is -0.507 e. The van der Waals surface area contributed by atoms with Crippen LogP contribution in [0.5, 0.6) is 5.75 Å². The summed E-state index contributed by atoms with van der Waals surface area (Å²) in [6.07, 6.45) is 3.13. The number of pyridine rings is 1. The number of thioether (sulfide) groups is 1. The van der Waals surface area contributed by atoms with E-state index >= 15 is 0 Å². The predicted octanol–water partition coefficient (Wildman–Crippen LogP) is 8.05. The van der Waals surface area contributed by atoms with E-state index < -0.39 is 17.7 Å². The van der Waals surface area contributed by atoms with Crippen molar-refractivity contribution in [1.29, 1.82) is 0 Å². The van der Waals surface area contributed by atoms with Crippen LogP contribution in [0.3, 0.4) is 0 Å². The molecule has 1 unspecified atom stereocenters. The molecule has 0 spiro atoms. The van der Waals surface area contributed by atoms with E-state index in [4.69, 9.17) is 27.9 Å². The highest BCUT2D eigenvalue weighted by atomic mass is 35.5. The van der Waals surface area contributed by atoms with E-state index in [0.717, 1.165) is 16.7 Å². The number of hydrogen-bond donors (Lipinski definition) is 1. The summed E-state index contributed by atoms with van der Waals surface area (Å²) in [6.45, 7) is 2.41. The topological polar surface area (TPSA) is 106 Å². The summed E-state index contributed by atoms with van der Waals surface area (Å²) in [6, 6.07) is 22.4. The van der Waals surface area contributed by atoms with Gasteiger partial charge in [0, 0.05) is 33.8 Å². The maximum Gasteiger partial charge on any atom is 0.301 e. The van der Waals surface area contributed by atoms with Gasteiger partial charge in [0.05, 0.1) is 11.6 Å². The second-order valence-electron chi connectivity index (χ2n) is 10.1. The monoisotopic (exact) mass is 674 g/mol. The van der Waals surface area contributed by atoms with Gasteiger partial charge < -0.3 is 9.84 Å². The molecule has 6 rings (SSSR count). The zero-order chi connectivity index (χ0) is 31.5. The summed E-state index contributed by atoms with van der Waals surface area (Å²) in [4.78, 5) is 32.4. The van der Waals surface area contributed by atoms with Crippen molar-refractivity contribution in [3.8, 4) is 5.75 Å². The number of halogens is 2. The lowest BCUT2D eigenvalue weighted by Gasteiger charge is -2.22. The molecule has 1 atom stereocenters. The molecule has 8 nitrogen and oxygen atoms in total. The number of benzene rings is 3. The Bertz CT molecular complexity index is 1920. The fourth-order valence-electron chi connectivity index (χ4n) is 4.83. The molecule has 12 heteroatoms. The number of Topliss-reactive ketones (excluding diaryl/α,β-unsaturated/α-hetero) is 1. The molecule has 1 aliphatic rings.